The standard InChI is InChI=1S/C14H19N3O/c1-11(2)17-7-6-13(16-17)10-18-14-5-3-4-12(8-14)9-15/h3-8,11H,9-10,15H2,1-2H3. The number of ether oxygens (including phenoxy) is 1. The van der Waals surface area contributed by atoms with Gasteiger partial charge in [0.15, 0.2) is 0 Å². The molecule has 0 aliphatic carbocycles. The highest BCUT2D eigenvalue weighted by molar-refractivity contribution is 5.28. The predicted octanol–water partition coefficient (Wildman–Crippen LogP) is 2.50. The van der Waals surface area contributed by atoms with E-state index in [-0.39, 0.29) is 0 Å². The third-order valence-corrected chi connectivity index (χ3v) is 2.71. The number of aromatic nitrogens is 2. The fourth-order valence-corrected chi connectivity index (χ4v) is 1.66. The van der Waals surface area contributed by atoms with Crippen LogP contribution in [0.2, 0.25) is 0 Å². The van der Waals surface area contributed by atoms with Crippen molar-refractivity contribution >= 4 is 0 Å². The summed E-state index contributed by atoms with van der Waals surface area (Å²) in [5.74, 6) is 0.831. The third kappa shape index (κ3) is 3.11. The van der Waals surface area contributed by atoms with Gasteiger partial charge in [-0.05, 0) is 37.6 Å². The van der Waals surface area contributed by atoms with Gasteiger partial charge in [-0.2, -0.15) is 5.10 Å². The second kappa shape index (κ2) is 5.69. The largest absolute Gasteiger partial charge is 0.487 e. The first kappa shape index (κ1) is 12.6. The maximum absolute atomic E-state index is 5.70. The minimum Gasteiger partial charge on any atom is -0.487 e. The normalized spacial score (nSPS) is 10.9. The molecule has 0 aliphatic rings. The Balaban J connectivity index is 1.97. The van der Waals surface area contributed by atoms with Crippen molar-refractivity contribution in [2.24, 2.45) is 5.73 Å². The summed E-state index contributed by atoms with van der Waals surface area (Å²) in [6.07, 6.45) is 1.97. The molecule has 0 aliphatic heterocycles. The van der Waals surface area contributed by atoms with E-state index in [4.69, 9.17) is 10.5 Å². The van der Waals surface area contributed by atoms with Crippen LogP contribution in [-0.2, 0) is 13.2 Å². The SMILES string of the molecule is CC(C)n1ccc(COc2cccc(CN)c2)n1. The van der Waals surface area contributed by atoms with Gasteiger partial charge in [-0.25, -0.2) is 0 Å². The summed E-state index contributed by atoms with van der Waals surface area (Å²) in [6, 6.07) is 10.2. The van der Waals surface area contributed by atoms with Gasteiger partial charge >= 0.3 is 0 Å². The van der Waals surface area contributed by atoms with E-state index < -0.39 is 0 Å². The summed E-state index contributed by atoms with van der Waals surface area (Å²) in [4.78, 5) is 0. The van der Waals surface area contributed by atoms with Gasteiger partial charge < -0.3 is 10.5 Å². The minimum absolute atomic E-state index is 0.374. The highest BCUT2D eigenvalue weighted by atomic mass is 16.5. The van der Waals surface area contributed by atoms with E-state index in [1.807, 2.05) is 41.2 Å². The average Bonchev–Trinajstić information content (AvgIpc) is 2.85. The van der Waals surface area contributed by atoms with E-state index in [1.54, 1.807) is 0 Å². The molecule has 1 heterocycles. The van der Waals surface area contributed by atoms with E-state index in [1.165, 1.54) is 0 Å². The van der Waals surface area contributed by atoms with Crippen molar-refractivity contribution in [3.05, 3.63) is 47.8 Å². The van der Waals surface area contributed by atoms with Crippen LogP contribution in [-0.4, -0.2) is 9.78 Å². The van der Waals surface area contributed by atoms with Gasteiger partial charge in [-0.15, -0.1) is 0 Å². The highest BCUT2D eigenvalue weighted by Crippen LogP contribution is 2.14. The molecule has 0 saturated heterocycles. The van der Waals surface area contributed by atoms with Crippen LogP contribution in [0, 0.1) is 0 Å². The van der Waals surface area contributed by atoms with Crippen molar-refractivity contribution in [3.63, 3.8) is 0 Å². The Kier molecular flexibility index (Phi) is 3.99. The topological polar surface area (TPSA) is 53.1 Å². The fourth-order valence-electron chi connectivity index (χ4n) is 1.66. The van der Waals surface area contributed by atoms with Gasteiger partial charge in [0.25, 0.3) is 0 Å². The molecule has 4 heteroatoms. The van der Waals surface area contributed by atoms with Crippen LogP contribution in [0.1, 0.15) is 31.1 Å². The second-order valence-corrected chi connectivity index (χ2v) is 4.52. The quantitative estimate of drug-likeness (QED) is 0.880. The molecule has 0 fully saturated rings. The summed E-state index contributed by atoms with van der Waals surface area (Å²) in [5.41, 5.74) is 7.59. The number of benzene rings is 1. The Morgan fingerprint density at radius 3 is 2.83 bits per heavy atom. The molecule has 2 N–H and O–H groups in total. The molecule has 2 aromatic rings. The summed E-state index contributed by atoms with van der Waals surface area (Å²) >= 11 is 0. The fraction of sp³-hybridized carbons (Fsp3) is 0.357. The molecule has 4 nitrogen and oxygen atoms in total. The second-order valence-electron chi connectivity index (χ2n) is 4.52. The van der Waals surface area contributed by atoms with Gasteiger partial charge in [-0.3, -0.25) is 4.68 Å². The van der Waals surface area contributed by atoms with E-state index in [0.717, 1.165) is 17.0 Å². The molecule has 18 heavy (non-hydrogen) atoms. The molecule has 0 bridgehead atoms. The first-order chi connectivity index (χ1) is 8.69. The van der Waals surface area contributed by atoms with Gasteiger partial charge in [-0.1, -0.05) is 12.1 Å². The number of rotatable bonds is 5. The van der Waals surface area contributed by atoms with Crippen molar-refractivity contribution < 1.29 is 4.74 Å². The summed E-state index contributed by atoms with van der Waals surface area (Å²) in [5, 5.41) is 4.43. The molecule has 0 atom stereocenters. The maximum Gasteiger partial charge on any atom is 0.132 e. The molecular formula is C14H19N3O. The molecule has 1 aromatic heterocycles. The van der Waals surface area contributed by atoms with Crippen LogP contribution in [0.25, 0.3) is 0 Å². The molecular weight excluding hydrogens is 226 g/mol. The Morgan fingerprint density at radius 1 is 1.33 bits per heavy atom. The Hall–Kier alpha value is -1.81. The van der Waals surface area contributed by atoms with Crippen LogP contribution in [0.4, 0.5) is 0 Å². The van der Waals surface area contributed by atoms with Crippen molar-refractivity contribution in [1.29, 1.82) is 0 Å². The highest BCUT2D eigenvalue weighted by Gasteiger charge is 2.03. The van der Waals surface area contributed by atoms with Gasteiger partial charge in [0.05, 0.1) is 5.69 Å². The lowest BCUT2D eigenvalue weighted by Gasteiger charge is -2.06. The van der Waals surface area contributed by atoms with E-state index >= 15 is 0 Å². The molecule has 0 spiro atoms. The van der Waals surface area contributed by atoms with E-state index in [0.29, 0.717) is 19.2 Å². The van der Waals surface area contributed by atoms with Crippen LogP contribution in [0.3, 0.4) is 0 Å². The van der Waals surface area contributed by atoms with Crippen LogP contribution >= 0.6 is 0 Å². The van der Waals surface area contributed by atoms with Gasteiger partial charge in [0.1, 0.15) is 12.4 Å². The van der Waals surface area contributed by atoms with Gasteiger partial charge in [0.2, 0.25) is 0 Å². The minimum atomic E-state index is 0.374. The number of hydrogen-bond donors (Lipinski definition) is 1. The number of nitrogens with zero attached hydrogens (tertiary/aromatic N) is 2. The molecule has 0 amide bonds. The molecule has 0 radical (unpaired) electrons. The lowest BCUT2D eigenvalue weighted by atomic mass is 10.2. The summed E-state index contributed by atoms with van der Waals surface area (Å²) < 4.78 is 7.62. The monoisotopic (exact) mass is 245 g/mol. The van der Waals surface area contributed by atoms with E-state index in [9.17, 15) is 0 Å². The molecule has 0 saturated carbocycles. The van der Waals surface area contributed by atoms with Crippen molar-refractivity contribution in [2.75, 3.05) is 0 Å². The molecule has 0 unspecified atom stereocenters. The first-order valence-corrected chi connectivity index (χ1v) is 6.15. The molecule has 96 valence electrons. The third-order valence-electron chi connectivity index (χ3n) is 2.71. The van der Waals surface area contributed by atoms with Crippen LogP contribution in [0.15, 0.2) is 36.5 Å². The predicted molar refractivity (Wildman–Crippen MR) is 71.3 cm³/mol. The number of hydrogen-bond acceptors (Lipinski definition) is 3. The maximum atomic E-state index is 5.70. The Bertz CT molecular complexity index is 505. The lowest BCUT2D eigenvalue weighted by molar-refractivity contribution is 0.298. The summed E-state index contributed by atoms with van der Waals surface area (Å²) in [6.45, 7) is 5.21. The zero-order chi connectivity index (χ0) is 13.0. The lowest BCUT2D eigenvalue weighted by Crippen LogP contribution is -2.03. The molecule has 1 aromatic carbocycles. The first-order valence-electron chi connectivity index (χ1n) is 6.15. The van der Waals surface area contributed by atoms with Crippen molar-refractivity contribution in [1.82, 2.24) is 9.78 Å². The van der Waals surface area contributed by atoms with Crippen LogP contribution < -0.4 is 10.5 Å². The number of nitrogens with two attached hydrogens (primary N) is 1. The Morgan fingerprint density at radius 2 is 2.17 bits per heavy atom. The zero-order valence-electron chi connectivity index (χ0n) is 10.8. The van der Waals surface area contributed by atoms with Crippen molar-refractivity contribution in [2.45, 2.75) is 33.0 Å². The van der Waals surface area contributed by atoms with Gasteiger partial charge in [0, 0.05) is 18.8 Å². The van der Waals surface area contributed by atoms with Crippen molar-refractivity contribution in [3.8, 4) is 5.75 Å². The molecule has 2 rings (SSSR count). The zero-order valence-corrected chi connectivity index (χ0v) is 10.8. The smallest absolute Gasteiger partial charge is 0.132 e. The summed E-state index contributed by atoms with van der Waals surface area (Å²) in [7, 11) is 0. The average molecular weight is 245 g/mol. The van der Waals surface area contributed by atoms with Crippen LogP contribution in [0.5, 0.6) is 5.75 Å². The van der Waals surface area contributed by atoms with E-state index in [2.05, 4.69) is 18.9 Å². The Labute approximate surface area is 107 Å².